The van der Waals surface area contributed by atoms with Crippen molar-refractivity contribution in [1.29, 1.82) is 0 Å². The average Bonchev–Trinajstić information content (AvgIpc) is 2.17. The maximum atomic E-state index is 11.5. The van der Waals surface area contributed by atoms with Crippen LogP contribution in [0.1, 0.15) is 32.1 Å². The minimum atomic E-state index is -0.268. The third-order valence-corrected chi connectivity index (χ3v) is 2.88. The van der Waals surface area contributed by atoms with Gasteiger partial charge >= 0.3 is 0 Å². The summed E-state index contributed by atoms with van der Waals surface area (Å²) < 4.78 is 0. The quantitative estimate of drug-likeness (QED) is 0.765. The topological polar surface area (TPSA) is 46.3 Å². The minimum Gasteiger partial charge on any atom is -0.347 e. The molecule has 3 nitrogen and oxygen atoms in total. The highest BCUT2D eigenvalue weighted by Crippen LogP contribution is 2.26. The van der Waals surface area contributed by atoms with E-state index in [2.05, 4.69) is 0 Å². The van der Waals surface area contributed by atoms with E-state index < -0.39 is 0 Å². The summed E-state index contributed by atoms with van der Waals surface area (Å²) >= 11 is 0. The number of hydrogen-bond donors (Lipinski definition) is 1. The molecule has 1 fully saturated rings. The van der Waals surface area contributed by atoms with Gasteiger partial charge in [0.15, 0.2) is 0 Å². The minimum absolute atomic E-state index is 0. The predicted molar refractivity (Wildman–Crippen MR) is 60.5 cm³/mol. The molecule has 1 aliphatic carbocycles. The maximum absolute atomic E-state index is 11.5. The zero-order valence-electron chi connectivity index (χ0n) is 9.03. The van der Waals surface area contributed by atoms with Crippen molar-refractivity contribution in [2.45, 2.75) is 38.1 Å². The SMILES string of the molecule is CN(C)C(=O)[C@@H](N)C1CCCCC1.Cl. The predicted octanol–water partition coefficient (Wildman–Crippen LogP) is 1.40. The molecule has 0 unspecified atom stereocenters. The van der Waals surface area contributed by atoms with Gasteiger partial charge < -0.3 is 10.6 Å². The molecule has 84 valence electrons. The third kappa shape index (κ3) is 3.46. The van der Waals surface area contributed by atoms with E-state index in [1.165, 1.54) is 19.3 Å². The Bertz CT molecular complexity index is 179. The first-order valence-electron chi connectivity index (χ1n) is 5.09. The van der Waals surface area contributed by atoms with E-state index >= 15 is 0 Å². The molecule has 0 bridgehead atoms. The zero-order chi connectivity index (χ0) is 9.84. The second-order valence-corrected chi connectivity index (χ2v) is 4.16. The number of likely N-dealkylation sites (N-methyl/N-ethyl adjacent to an activating group) is 1. The van der Waals surface area contributed by atoms with Crippen LogP contribution in [0.5, 0.6) is 0 Å². The molecule has 0 aromatic carbocycles. The summed E-state index contributed by atoms with van der Waals surface area (Å²) in [6.45, 7) is 0. The van der Waals surface area contributed by atoms with Crippen molar-refractivity contribution in [3.63, 3.8) is 0 Å². The number of carbonyl (C=O) groups excluding carboxylic acids is 1. The summed E-state index contributed by atoms with van der Waals surface area (Å²) in [6, 6.07) is -0.268. The van der Waals surface area contributed by atoms with Crippen molar-refractivity contribution in [3.8, 4) is 0 Å². The molecule has 1 saturated carbocycles. The van der Waals surface area contributed by atoms with Gasteiger partial charge in [0.1, 0.15) is 0 Å². The van der Waals surface area contributed by atoms with Gasteiger partial charge in [0.05, 0.1) is 6.04 Å². The van der Waals surface area contributed by atoms with E-state index in [4.69, 9.17) is 5.73 Å². The molecule has 0 aromatic heterocycles. The zero-order valence-corrected chi connectivity index (χ0v) is 9.85. The molecule has 0 heterocycles. The fraction of sp³-hybridized carbons (Fsp3) is 0.900. The first kappa shape index (κ1) is 13.7. The van der Waals surface area contributed by atoms with Crippen LogP contribution in [0.3, 0.4) is 0 Å². The molecular formula is C10H21ClN2O. The summed E-state index contributed by atoms with van der Waals surface area (Å²) in [5.41, 5.74) is 5.90. The molecule has 1 aliphatic rings. The lowest BCUT2D eigenvalue weighted by Gasteiger charge is -2.28. The monoisotopic (exact) mass is 220 g/mol. The number of nitrogens with zero attached hydrogens (tertiary/aromatic N) is 1. The van der Waals surface area contributed by atoms with Gasteiger partial charge in [-0.1, -0.05) is 19.3 Å². The van der Waals surface area contributed by atoms with Crippen molar-refractivity contribution in [3.05, 3.63) is 0 Å². The van der Waals surface area contributed by atoms with Gasteiger partial charge in [-0.15, -0.1) is 12.4 Å². The van der Waals surface area contributed by atoms with Gasteiger partial charge in [-0.25, -0.2) is 0 Å². The summed E-state index contributed by atoms with van der Waals surface area (Å²) in [4.78, 5) is 13.1. The van der Waals surface area contributed by atoms with E-state index in [-0.39, 0.29) is 24.4 Å². The normalized spacial score (nSPS) is 19.6. The molecule has 0 saturated heterocycles. The smallest absolute Gasteiger partial charge is 0.239 e. The van der Waals surface area contributed by atoms with Crippen LogP contribution >= 0.6 is 12.4 Å². The number of rotatable bonds is 2. The van der Waals surface area contributed by atoms with Gasteiger partial charge in [-0.2, -0.15) is 0 Å². The van der Waals surface area contributed by atoms with Gasteiger partial charge in [-0.05, 0) is 18.8 Å². The standard InChI is InChI=1S/C10H20N2O.ClH/c1-12(2)10(13)9(11)8-6-4-3-5-7-8;/h8-9H,3-7,11H2,1-2H3;1H/t9-;/m0./s1. The maximum Gasteiger partial charge on any atom is 0.239 e. The molecule has 0 aromatic rings. The molecule has 14 heavy (non-hydrogen) atoms. The van der Waals surface area contributed by atoms with Gasteiger partial charge in [0, 0.05) is 14.1 Å². The number of amides is 1. The van der Waals surface area contributed by atoms with Crippen molar-refractivity contribution in [2.24, 2.45) is 11.7 Å². The summed E-state index contributed by atoms with van der Waals surface area (Å²) in [5.74, 6) is 0.496. The van der Waals surface area contributed by atoms with Crippen LogP contribution in [0.2, 0.25) is 0 Å². The Hall–Kier alpha value is -0.280. The molecular weight excluding hydrogens is 200 g/mol. The molecule has 2 N–H and O–H groups in total. The number of halogens is 1. The first-order chi connectivity index (χ1) is 6.13. The molecule has 1 atom stereocenters. The highest BCUT2D eigenvalue weighted by molar-refractivity contribution is 5.85. The number of nitrogens with two attached hydrogens (primary N) is 1. The van der Waals surface area contributed by atoms with E-state index in [9.17, 15) is 4.79 Å². The highest BCUT2D eigenvalue weighted by atomic mass is 35.5. The molecule has 0 radical (unpaired) electrons. The van der Waals surface area contributed by atoms with Gasteiger partial charge in [0.2, 0.25) is 5.91 Å². The van der Waals surface area contributed by atoms with Crippen LogP contribution in [0.15, 0.2) is 0 Å². The average molecular weight is 221 g/mol. The van der Waals surface area contributed by atoms with E-state index in [1.807, 2.05) is 0 Å². The van der Waals surface area contributed by atoms with Crippen LogP contribution < -0.4 is 5.73 Å². The lowest BCUT2D eigenvalue weighted by atomic mass is 9.84. The van der Waals surface area contributed by atoms with Crippen molar-refractivity contribution in [2.75, 3.05) is 14.1 Å². The summed E-state index contributed by atoms with van der Waals surface area (Å²) in [5, 5.41) is 0. The van der Waals surface area contributed by atoms with Crippen molar-refractivity contribution >= 4 is 18.3 Å². The van der Waals surface area contributed by atoms with Gasteiger partial charge in [-0.3, -0.25) is 4.79 Å². The van der Waals surface area contributed by atoms with Crippen LogP contribution in [-0.2, 0) is 4.79 Å². The highest BCUT2D eigenvalue weighted by Gasteiger charge is 2.26. The molecule has 0 aliphatic heterocycles. The summed E-state index contributed by atoms with van der Waals surface area (Å²) in [7, 11) is 3.54. The Morgan fingerprint density at radius 3 is 2.21 bits per heavy atom. The Morgan fingerprint density at radius 1 is 1.29 bits per heavy atom. The van der Waals surface area contributed by atoms with Crippen molar-refractivity contribution < 1.29 is 4.79 Å². The van der Waals surface area contributed by atoms with Crippen LogP contribution in [0.4, 0.5) is 0 Å². The van der Waals surface area contributed by atoms with Crippen LogP contribution in [0, 0.1) is 5.92 Å². The summed E-state index contributed by atoms with van der Waals surface area (Å²) in [6.07, 6.45) is 6.03. The van der Waals surface area contributed by atoms with E-state index in [0.29, 0.717) is 5.92 Å². The lowest BCUT2D eigenvalue weighted by Crippen LogP contribution is -2.45. The Labute approximate surface area is 92.4 Å². The third-order valence-electron chi connectivity index (χ3n) is 2.88. The van der Waals surface area contributed by atoms with E-state index in [1.54, 1.807) is 19.0 Å². The fourth-order valence-electron chi connectivity index (χ4n) is 1.99. The number of hydrogen-bond acceptors (Lipinski definition) is 2. The second kappa shape index (κ2) is 6.25. The second-order valence-electron chi connectivity index (χ2n) is 4.16. The first-order valence-corrected chi connectivity index (χ1v) is 5.09. The fourth-order valence-corrected chi connectivity index (χ4v) is 1.99. The van der Waals surface area contributed by atoms with Gasteiger partial charge in [0.25, 0.3) is 0 Å². The lowest BCUT2D eigenvalue weighted by molar-refractivity contribution is -0.131. The molecule has 1 amide bonds. The Balaban J connectivity index is 0.00000169. The van der Waals surface area contributed by atoms with Crippen LogP contribution in [-0.4, -0.2) is 30.9 Å². The molecule has 0 spiro atoms. The Kier molecular flexibility index (Phi) is 6.12. The Morgan fingerprint density at radius 2 is 1.79 bits per heavy atom. The number of carbonyl (C=O) groups is 1. The van der Waals surface area contributed by atoms with Crippen LogP contribution in [0.25, 0.3) is 0 Å². The largest absolute Gasteiger partial charge is 0.347 e. The van der Waals surface area contributed by atoms with E-state index in [0.717, 1.165) is 12.8 Å². The molecule has 4 heteroatoms. The molecule has 1 rings (SSSR count). The van der Waals surface area contributed by atoms with Crippen molar-refractivity contribution in [1.82, 2.24) is 4.90 Å².